The molecule has 6 aliphatic heterocycles. The highest BCUT2D eigenvalue weighted by Gasteiger charge is 2.38. The highest BCUT2D eigenvalue weighted by atomic mass is 35.5. The Balaban J connectivity index is 0.000000893. The summed E-state index contributed by atoms with van der Waals surface area (Å²) in [5, 5.41) is 27.0. The largest absolute Gasteiger partial charge is 0.448 e. The lowest BCUT2D eigenvalue weighted by Crippen LogP contribution is -2.54. The third kappa shape index (κ3) is 46.9. The maximum absolute atomic E-state index is 13.5. The molecule has 0 spiro atoms. The third-order valence-electron chi connectivity index (χ3n) is 22.9. The molecule has 0 aromatic heterocycles. The van der Waals surface area contributed by atoms with E-state index in [1.54, 1.807) is 26.8 Å². The molecule has 12 rings (SSSR count). The SMILES string of the molecule is C.C.C.C.C.C.CCCNC(=O)N1C[C@H](N)C[C@H](C(=O)Nc2ccc(Cl)c(F)c2)C1.NCCCNC(=O)N1CCC[C@H](C(=O)Nc2ccc(Cl)c(F)c2)C1.NCCCNC(=O)N1CCC[C@H](C(=O)Nc2ccc(Cl)c(F)c2)C1.NCCCNC(=O)N1C[C@H](N)C[C@H](C(=O)Nc2ccc(Cl)c(F)c2)C1.NCCOC(=O)N1CCC[C@H](C(=O)Nc2ccc(Cl)c(F)c2)C1.NCCOC(=O)N1C[C@H](N)C[C@H](C(=O)Nc2ccc(Cl)c(F)c2)C1. The predicted octanol–water partition coefficient (Wildman–Crippen LogP) is 14.9. The minimum atomic E-state index is -0.623. The minimum Gasteiger partial charge on any atom is -0.448 e. The number of amides is 16. The first-order valence-corrected chi connectivity index (χ1v) is 49.3. The highest BCUT2D eigenvalue weighted by Crippen LogP contribution is 2.31. The van der Waals surface area contributed by atoms with E-state index in [-0.39, 0.29) is 223 Å². The van der Waals surface area contributed by atoms with Crippen LogP contribution in [0.5, 0.6) is 0 Å². The van der Waals surface area contributed by atoms with E-state index in [4.69, 9.17) is 125 Å². The summed E-state index contributed by atoms with van der Waals surface area (Å²) in [5.41, 5.74) is 46.6. The first-order valence-electron chi connectivity index (χ1n) is 47.0. The van der Waals surface area contributed by atoms with Crippen molar-refractivity contribution in [2.24, 2.45) is 81.4 Å². The number of likely N-dealkylation sites (tertiary alicyclic amines) is 6. The van der Waals surface area contributed by atoms with Gasteiger partial charge in [-0.05, 0) is 212 Å². The Morgan fingerprint density at radius 2 is 0.513 bits per heavy atom. The van der Waals surface area contributed by atoms with Gasteiger partial charge in [0.15, 0.2) is 0 Å². The van der Waals surface area contributed by atoms with Crippen LogP contribution in [0.3, 0.4) is 0 Å². The standard InChI is InChI=1S/C16H23ClFN5O2.3C16H22ClFN4O2.C15H20ClFN4O3.C15H19ClFN3O3.6CH4/c17-13-3-2-12(7-14(13)18)22-15(24)10-6-11(20)9-23(8-10)16(25)21-5-1-4-19;2*17-13-5-4-12(9-14(13)18)21-15(23)11-3-1-8-22(10-11)16(24)20-7-2-6-19;1-2-5-20-16(24)22-8-10(6-11(19)9-22)15(23)21-12-3-4-13(17)14(18)7-12;16-12-2-1-11(6-13(12)17)20-14(22)9-5-10(19)8-21(7-9)15(23)24-4-3-18;16-12-4-3-11(8-13(12)17)19-14(21)10-2-1-6-20(9-10)15(22)23-7-5-18;;;;;;/h2-3,7,10-11H,1,4-6,8-9,19-20H2,(H,21,25)(H,22,24);2*4-5,9,11H,1-3,6-8,10,19H2,(H,20,24)(H,21,23);3-4,7,10-11H,2,5-6,8-9,19H2,1H3,(H,20,24)(H,21,23);1-2,6,9-10H,3-5,7-8,18-19H2,(H,20,22);3-4,8,10H,1-2,5-7,9,18H2,(H,19,21);6*1H4/t10-,11+;2*11-;10-,11+;9-,10+;10-;;;;;;/m000000....../s1. The van der Waals surface area contributed by atoms with Crippen LogP contribution in [-0.2, 0) is 38.2 Å². The lowest BCUT2D eigenvalue weighted by atomic mass is 9.94. The Morgan fingerprint density at radius 3 is 0.760 bits per heavy atom. The minimum absolute atomic E-state index is 0. The van der Waals surface area contributed by atoms with Crippen molar-refractivity contribution in [1.82, 2.24) is 50.7 Å². The van der Waals surface area contributed by atoms with Crippen LogP contribution in [0.4, 0.5) is 89.2 Å². The smallest absolute Gasteiger partial charge is 0.409 e. The summed E-state index contributed by atoms with van der Waals surface area (Å²) >= 11 is 33.7. The van der Waals surface area contributed by atoms with Gasteiger partial charge in [-0.25, -0.2) is 55.1 Å². The molecule has 6 aliphatic rings. The number of nitrogens with one attached hydrogen (secondary N) is 10. The molecule has 26 N–H and O–H groups in total. The topological polar surface area (TPSA) is 571 Å². The zero-order valence-corrected chi connectivity index (χ0v) is 84.1. The molecule has 9 atom stereocenters. The summed E-state index contributed by atoms with van der Waals surface area (Å²) in [6.45, 7) is 10.9. The Morgan fingerprint density at radius 1 is 0.300 bits per heavy atom. The van der Waals surface area contributed by atoms with Crippen molar-refractivity contribution in [3.63, 3.8) is 0 Å². The van der Waals surface area contributed by atoms with Crippen molar-refractivity contribution in [3.8, 4) is 0 Å². The number of piperidine rings is 6. The zero-order valence-electron chi connectivity index (χ0n) is 79.6. The van der Waals surface area contributed by atoms with Crippen LogP contribution >= 0.6 is 69.6 Å². The number of nitrogens with two attached hydrogens (primary N) is 8. The van der Waals surface area contributed by atoms with Crippen molar-refractivity contribution in [2.45, 2.75) is 153 Å². The molecule has 50 heteroatoms. The lowest BCUT2D eigenvalue weighted by molar-refractivity contribution is -0.122. The van der Waals surface area contributed by atoms with Gasteiger partial charge in [-0.1, -0.05) is 121 Å². The molecule has 0 radical (unpaired) electrons. The summed E-state index contributed by atoms with van der Waals surface area (Å²) in [5.74, 6) is -7.70. The number of rotatable bonds is 27. The summed E-state index contributed by atoms with van der Waals surface area (Å²) < 4.78 is 90.6. The van der Waals surface area contributed by atoms with Gasteiger partial charge in [0.05, 0.1) is 65.6 Å². The summed E-state index contributed by atoms with van der Waals surface area (Å²) in [6, 6.07) is 22.6. The number of carbonyl (C=O) groups is 12. The molecule has 840 valence electrons. The normalized spacial score (nSPS) is 18.3. The maximum atomic E-state index is 13.5. The molecule has 0 saturated carbocycles. The van der Waals surface area contributed by atoms with Crippen LogP contribution in [0.15, 0.2) is 109 Å². The van der Waals surface area contributed by atoms with Gasteiger partial charge >= 0.3 is 36.3 Å². The van der Waals surface area contributed by atoms with Gasteiger partial charge in [0.1, 0.15) is 48.1 Å². The van der Waals surface area contributed by atoms with Crippen molar-refractivity contribution in [2.75, 3.05) is 183 Å². The monoisotopic (exact) mass is 2240 g/mol. The molecule has 6 aromatic rings. The van der Waals surface area contributed by atoms with Crippen LogP contribution in [0.25, 0.3) is 0 Å². The average molecular weight is 2240 g/mol. The second-order valence-electron chi connectivity index (χ2n) is 34.5. The Kier molecular flexibility index (Phi) is 65.2. The van der Waals surface area contributed by atoms with E-state index in [0.717, 1.165) is 43.5 Å². The predicted molar refractivity (Wildman–Crippen MR) is 582 cm³/mol. The number of urea groups is 4. The van der Waals surface area contributed by atoms with Crippen molar-refractivity contribution >= 4 is 175 Å². The number of anilines is 6. The van der Waals surface area contributed by atoms with Crippen LogP contribution < -0.4 is 99.0 Å². The summed E-state index contributed by atoms with van der Waals surface area (Å²) in [7, 11) is 0. The first-order chi connectivity index (χ1) is 68.7. The van der Waals surface area contributed by atoms with E-state index < -0.39 is 64.8 Å². The molecule has 0 bridgehead atoms. The second kappa shape index (κ2) is 71.6. The van der Waals surface area contributed by atoms with Gasteiger partial charge in [-0.15, -0.1) is 0 Å². The number of hydrogen-bond acceptors (Lipinski definition) is 22. The first kappa shape index (κ1) is 137. The van der Waals surface area contributed by atoms with Crippen molar-refractivity contribution < 1.29 is 93.4 Å². The fourth-order valence-electron chi connectivity index (χ4n) is 15.5. The number of ether oxygens (including phenoxy) is 2. The van der Waals surface area contributed by atoms with Crippen molar-refractivity contribution in [3.05, 3.63) is 174 Å². The van der Waals surface area contributed by atoms with Gasteiger partial charge in [0.25, 0.3) is 0 Å². The van der Waals surface area contributed by atoms with E-state index in [0.29, 0.717) is 197 Å². The van der Waals surface area contributed by atoms with Crippen LogP contribution in [-0.4, -0.2) is 270 Å². The van der Waals surface area contributed by atoms with Gasteiger partial charge in [-0.3, -0.25) is 28.8 Å². The summed E-state index contributed by atoms with van der Waals surface area (Å²) in [4.78, 5) is 155. The Labute approximate surface area is 905 Å². The van der Waals surface area contributed by atoms with Gasteiger partial charge < -0.3 is 138 Å². The fourth-order valence-corrected chi connectivity index (χ4v) is 16.2. The molecule has 150 heavy (non-hydrogen) atoms. The van der Waals surface area contributed by atoms with E-state index in [1.807, 2.05) is 6.92 Å². The van der Waals surface area contributed by atoms with E-state index in [9.17, 15) is 83.9 Å². The molecular weight excluding hydrogens is 2090 g/mol. The fraction of sp³-hybridized carbons (Fsp3) is 0.520. The number of hydrogen-bond donors (Lipinski definition) is 18. The van der Waals surface area contributed by atoms with Gasteiger partial charge in [0, 0.05) is 170 Å². The molecule has 6 saturated heterocycles. The average Bonchev–Trinajstić information content (AvgIpc) is 0.849. The van der Waals surface area contributed by atoms with Crippen LogP contribution in [0.1, 0.15) is 135 Å². The van der Waals surface area contributed by atoms with E-state index in [2.05, 4.69) is 53.2 Å². The molecule has 16 amide bonds. The quantitative estimate of drug-likeness (QED) is 0.0168. The number of halogens is 12. The molecule has 6 fully saturated rings. The molecule has 0 aliphatic carbocycles. The molecular formula is C100H152Cl6F6N24O14. The molecule has 0 unspecified atom stereocenters. The summed E-state index contributed by atoms with van der Waals surface area (Å²) in [6.07, 6.45) is 7.49. The molecule has 6 heterocycles. The Hall–Kier alpha value is -11.2. The molecule has 6 aromatic carbocycles. The number of carbonyl (C=O) groups excluding carboxylic acids is 12. The van der Waals surface area contributed by atoms with Crippen molar-refractivity contribution in [1.29, 1.82) is 0 Å². The lowest BCUT2D eigenvalue weighted by Gasteiger charge is -2.35. The van der Waals surface area contributed by atoms with E-state index in [1.165, 1.54) is 87.5 Å². The second-order valence-corrected chi connectivity index (χ2v) is 37.0. The maximum Gasteiger partial charge on any atom is 0.409 e. The third-order valence-corrected chi connectivity index (χ3v) is 24.7. The van der Waals surface area contributed by atoms with E-state index >= 15 is 0 Å². The van der Waals surface area contributed by atoms with Crippen LogP contribution in [0.2, 0.25) is 30.1 Å². The Bertz CT molecular complexity index is 5060. The van der Waals surface area contributed by atoms with Crippen LogP contribution in [0, 0.1) is 70.4 Å². The molecule has 38 nitrogen and oxygen atoms in total. The number of benzene rings is 6. The van der Waals surface area contributed by atoms with Gasteiger partial charge in [-0.2, -0.15) is 0 Å². The zero-order chi connectivity index (χ0) is 106. The highest BCUT2D eigenvalue weighted by molar-refractivity contribution is 6.32. The van der Waals surface area contributed by atoms with Gasteiger partial charge in [0.2, 0.25) is 35.4 Å². The number of nitrogens with zero attached hydrogens (tertiary/aromatic N) is 6.